The number of aromatic nitrogens is 2. The number of benzene rings is 2. The maximum absolute atomic E-state index is 13.2. The van der Waals surface area contributed by atoms with Crippen LogP contribution in [-0.4, -0.2) is 29.0 Å². The maximum Gasteiger partial charge on any atom is 0.254 e. The first-order valence-electron chi connectivity index (χ1n) is 10.4. The standard InChI is InChI=1S/C24H24FN3O3/c25-18-10-6-16(7-11-18)22-27-21-13-9-17(8-12-20(21)24(30)28-22)23(29)26-14-15-31-19-4-2-1-3-5-19/h1-7,10-11,17H,8-9,12-15H2,(H,26,29)(H,27,28,30). The van der Waals surface area contributed by atoms with Crippen LogP contribution in [0.4, 0.5) is 4.39 Å². The summed E-state index contributed by atoms with van der Waals surface area (Å²) in [5, 5.41) is 2.93. The van der Waals surface area contributed by atoms with Gasteiger partial charge in [-0.1, -0.05) is 18.2 Å². The van der Waals surface area contributed by atoms with Gasteiger partial charge in [0, 0.05) is 17.0 Å². The van der Waals surface area contributed by atoms with Crippen LogP contribution in [0.3, 0.4) is 0 Å². The van der Waals surface area contributed by atoms with E-state index in [1.165, 1.54) is 12.1 Å². The van der Waals surface area contributed by atoms with Crippen molar-refractivity contribution in [3.05, 3.63) is 82.0 Å². The molecule has 4 rings (SSSR count). The Kier molecular flexibility index (Phi) is 6.40. The maximum atomic E-state index is 13.2. The van der Waals surface area contributed by atoms with Crippen molar-refractivity contribution < 1.29 is 13.9 Å². The first kappa shape index (κ1) is 20.8. The number of carbonyl (C=O) groups excluding carboxylic acids is 1. The lowest BCUT2D eigenvalue weighted by atomic mass is 9.99. The van der Waals surface area contributed by atoms with Gasteiger partial charge in [0.05, 0.1) is 12.2 Å². The van der Waals surface area contributed by atoms with Gasteiger partial charge in [-0.2, -0.15) is 0 Å². The van der Waals surface area contributed by atoms with Crippen molar-refractivity contribution in [2.75, 3.05) is 13.2 Å². The zero-order valence-electron chi connectivity index (χ0n) is 17.1. The molecule has 6 nitrogen and oxygen atoms in total. The van der Waals surface area contributed by atoms with Gasteiger partial charge in [-0.15, -0.1) is 0 Å². The summed E-state index contributed by atoms with van der Waals surface area (Å²) in [4.78, 5) is 32.6. The highest BCUT2D eigenvalue weighted by atomic mass is 19.1. The van der Waals surface area contributed by atoms with E-state index in [1.54, 1.807) is 12.1 Å². The number of rotatable bonds is 6. The molecule has 0 spiro atoms. The van der Waals surface area contributed by atoms with E-state index in [-0.39, 0.29) is 23.2 Å². The highest BCUT2D eigenvalue weighted by Gasteiger charge is 2.25. The zero-order valence-corrected chi connectivity index (χ0v) is 17.1. The lowest BCUT2D eigenvalue weighted by Crippen LogP contribution is -2.34. The molecule has 31 heavy (non-hydrogen) atoms. The van der Waals surface area contributed by atoms with E-state index in [9.17, 15) is 14.0 Å². The van der Waals surface area contributed by atoms with Crippen LogP contribution in [0.25, 0.3) is 11.4 Å². The first-order chi connectivity index (χ1) is 15.1. The van der Waals surface area contributed by atoms with Gasteiger partial charge in [0.1, 0.15) is 24.0 Å². The van der Waals surface area contributed by atoms with Crippen LogP contribution in [0.2, 0.25) is 0 Å². The van der Waals surface area contributed by atoms with Gasteiger partial charge in [0.15, 0.2) is 0 Å². The molecule has 3 aromatic rings. The summed E-state index contributed by atoms with van der Waals surface area (Å²) < 4.78 is 18.8. The van der Waals surface area contributed by atoms with Crippen molar-refractivity contribution in [3.63, 3.8) is 0 Å². The number of para-hydroxylation sites is 1. The molecule has 0 aliphatic heterocycles. The number of nitrogens with zero attached hydrogens (tertiary/aromatic N) is 1. The van der Waals surface area contributed by atoms with Crippen LogP contribution in [0.1, 0.15) is 24.1 Å². The highest BCUT2D eigenvalue weighted by molar-refractivity contribution is 5.78. The van der Waals surface area contributed by atoms with Crippen molar-refractivity contribution in [3.8, 4) is 17.1 Å². The lowest BCUT2D eigenvalue weighted by molar-refractivity contribution is -0.125. The Balaban J connectivity index is 1.36. The summed E-state index contributed by atoms with van der Waals surface area (Å²) in [6.45, 7) is 0.815. The number of nitrogens with one attached hydrogen (secondary N) is 2. The summed E-state index contributed by atoms with van der Waals surface area (Å²) in [6.07, 6.45) is 2.27. The predicted octanol–water partition coefficient (Wildman–Crippen LogP) is 3.27. The second-order valence-corrected chi connectivity index (χ2v) is 7.57. The van der Waals surface area contributed by atoms with E-state index < -0.39 is 0 Å². The SMILES string of the molecule is O=C(NCCOc1ccccc1)C1CCc2nc(-c3ccc(F)cc3)[nH]c(=O)c2CC1. The fourth-order valence-electron chi connectivity index (χ4n) is 3.79. The molecule has 1 unspecified atom stereocenters. The van der Waals surface area contributed by atoms with Gasteiger partial charge < -0.3 is 15.0 Å². The Morgan fingerprint density at radius 3 is 2.61 bits per heavy atom. The minimum Gasteiger partial charge on any atom is -0.492 e. The normalized spacial score (nSPS) is 15.6. The Bertz CT molecular complexity index is 1100. The fourth-order valence-corrected chi connectivity index (χ4v) is 3.79. The second-order valence-electron chi connectivity index (χ2n) is 7.57. The largest absolute Gasteiger partial charge is 0.492 e. The number of fused-ring (bicyclic) bond motifs is 1. The average molecular weight is 421 g/mol. The molecule has 7 heteroatoms. The van der Waals surface area contributed by atoms with Crippen LogP contribution in [0.15, 0.2) is 59.4 Å². The third-order valence-corrected chi connectivity index (χ3v) is 5.48. The van der Waals surface area contributed by atoms with Crippen LogP contribution in [0.5, 0.6) is 5.75 Å². The predicted molar refractivity (Wildman–Crippen MR) is 115 cm³/mol. The summed E-state index contributed by atoms with van der Waals surface area (Å²) in [6, 6.07) is 15.3. The molecule has 1 amide bonds. The molecule has 0 saturated heterocycles. The number of halogens is 1. The number of carbonyl (C=O) groups is 1. The molecule has 1 atom stereocenters. The topological polar surface area (TPSA) is 84.1 Å². The third kappa shape index (κ3) is 5.17. The quantitative estimate of drug-likeness (QED) is 0.473. The molecule has 160 valence electrons. The number of amides is 1. The van der Waals surface area contributed by atoms with Crippen LogP contribution in [0, 0.1) is 11.7 Å². The molecule has 2 aromatic carbocycles. The van der Waals surface area contributed by atoms with E-state index in [2.05, 4.69) is 15.3 Å². The van der Waals surface area contributed by atoms with Crippen LogP contribution < -0.4 is 15.6 Å². The number of aromatic amines is 1. The molecule has 1 aliphatic rings. The van der Waals surface area contributed by atoms with Gasteiger partial charge in [-0.25, -0.2) is 9.37 Å². The van der Waals surface area contributed by atoms with Crippen LogP contribution >= 0.6 is 0 Å². The number of aryl methyl sites for hydroxylation is 1. The van der Waals surface area contributed by atoms with Crippen molar-refractivity contribution in [1.82, 2.24) is 15.3 Å². The molecule has 0 radical (unpaired) electrons. The summed E-state index contributed by atoms with van der Waals surface area (Å²) >= 11 is 0. The van der Waals surface area contributed by atoms with Crippen molar-refractivity contribution in [2.24, 2.45) is 5.92 Å². The zero-order chi connectivity index (χ0) is 21.6. The van der Waals surface area contributed by atoms with Gasteiger partial charge in [-0.05, 0) is 62.1 Å². The minimum atomic E-state index is -0.344. The number of hydrogen-bond donors (Lipinski definition) is 2. The van der Waals surface area contributed by atoms with Crippen molar-refractivity contribution in [2.45, 2.75) is 25.7 Å². The Hall–Kier alpha value is -3.48. The minimum absolute atomic E-state index is 0.0281. The van der Waals surface area contributed by atoms with Crippen molar-refractivity contribution >= 4 is 5.91 Å². The fraction of sp³-hybridized carbons (Fsp3) is 0.292. The summed E-state index contributed by atoms with van der Waals surface area (Å²) in [7, 11) is 0. The Labute approximate surface area is 179 Å². The molecule has 1 aromatic heterocycles. The highest BCUT2D eigenvalue weighted by Crippen LogP contribution is 2.23. The smallest absolute Gasteiger partial charge is 0.254 e. The monoisotopic (exact) mass is 421 g/mol. The number of hydrogen-bond acceptors (Lipinski definition) is 4. The van der Waals surface area contributed by atoms with Gasteiger partial charge in [0.2, 0.25) is 5.91 Å². The van der Waals surface area contributed by atoms with Gasteiger partial charge in [-0.3, -0.25) is 9.59 Å². The molecule has 2 N–H and O–H groups in total. The van der Waals surface area contributed by atoms with E-state index in [4.69, 9.17) is 4.74 Å². The molecule has 0 bridgehead atoms. The first-order valence-corrected chi connectivity index (χ1v) is 10.4. The lowest BCUT2D eigenvalue weighted by Gasteiger charge is -2.14. The molecule has 0 fully saturated rings. The Morgan fingerprint density at radius 1 is 1.10 bits per heavy atom. The van der Waals surface area contributed by atoms with E-state index in [0.29, 0.717) is 61.5 Å². The van der Waals surface area contributed by atoms with Crippen LogP contribution in [-0.2, 0) is 17.6 Å². The molecule has 1 aliphatic carbocycles. The second kappa shape index (κ2) is 9.55. The van der Waals surface area contributed by atoms with Gasteiger partial charge >= 0.3 is 0 Å². The van der Waals surface area contributed by atoms with E-state index in [0.717, 1.165) is 5.75 Å². The van der Waals surface area contributed by atoms with Gasteiger partial charge in [0.25, 0.3) is 5.56 Å². The molecule has 1 heterocycles. The summed E-state index contributed by atoms with van der Waals surface area (Å²) in [5.41, 5.74) is 1.80. The average Bonchev–Trinajstić information content (AvgIpc) is 3.01. The Morgan fingerprint density at radius 2 is 1.84 bits per heavy atom. The van der Waals surface area contributed by atoms with E-state index >= 15 is 0 Å². The number of H-pyrrole nitrogens is 1. The summed E-state index contributed by atoms with van der Waals surface area (Å²) in [5.74, 6) is 0.636. The molecular weight excluding hydrogens is 397 g/mol. The van der Waals surface area contributed by atoms with Crippen molar-refractivity contribution in [1.29, 1.82) is 0 Å². The molecular formula is C24H24FN3O3. The molecule has 0 saturated carbocycles. The van der Waals surface area contributed by atoms with E-state index in [1.807, 2.05) is 30.3 Å². The third-order valence-electron chi connectivity index (χ3n) is 5.48. The number of ether oxygens (including phenoxy) is 1.